The minimum Gasteiger partial charge on any atom is -0.461 e. The fraction of sp³-hybridized carbons (Fsp3) is 0.222. The van der Waals surface area contributed by atoms with Crippen LogP contribution in [0, 0.1) is 6.92 Å². The van der Waals surface area contributed by atoms with Crippen molar-refractivity contribution in [1.82, 2.24) is 24.9 Å². The van der Waals surface area contributed by atoms with E-state index in [2.05, 4.69) is 50.9 Å². The number of nitrogens with zero attached hydrogens (tertiary/aromatic N) is 5. The van der Waals surface area contributed by atoms with E-state index in [9.17, 15) is 0 Å². The lowest BCUT2D eigenvalue weighted by atomic mass is 10.1. The van der Waals surface area contributed by atoms with Gasteiger partial charge >= 0.3 is 0 Å². The highest BCUT2D eigenvalue weighted by molar-refractivity contribution is 7.98. The first-order valence-corrected chi connectivity index (χ1v) is 9.22. The van der Waals surface area contributed by atoms with Gasteiger partial charge in [0.05, 0.1) is 12.0 Å². The Labute approximate surface area is 154 Å². The quantitative estimate of drug-likeness (QED) is 0.472. The van der Waals surface area contributed by atoms with E-state index in [1.807, 2.05) is 12.1 Å². The Bertz CT molecular complexity index is 1010. The van der Waals surface area contributed by atoms with Crippen LogP contribution < -0.4 is 0 Å². The summed E-state index contributed by atoms with van der Waals surface area (Å²) in [6.07, 6.45) is 1.58. The van der Waals surface area contributed by atoms with Gasteiger partial charge in [-0.1, -0.05) is 40.7 Å². The molecule has 3 aromatic heterocycles. The first-order chi connectivity index (χ1) is 12.7. The summed E-state index contributed by atoms with van der Waals surface area (Å²) in [7, 11) is 0. The average molecular weight is 367 g/mol. The van der Waals surface area contributed by atoms with Crippen LogP contribution in [0.2, 0.25) is 0 Å². The fourth-order valence-electron chi connectivity index (χ4n) is 2.62. The van der Waals surface area contributed by atoms with Crippen LogP contribution in [0.1, 0.15) is 18.4 Å². The van der Waals surface area contributed by atoms with Crippen LogP contribution in [-0.2, 0) is 12.3 Å². The molecule has 0 aliphatic heterocycles. The predicted molar refractivity (Wildman–Crippen MR) is 97.4 cm³/mol. The van der Waals surface area contributed by atoms with Gasteiger partial charge in [-0.15, -0.1) is 10.2 Å². The number of aromatic nitrogens is 5. The molecule has 1 aromatic carbocycles. The van der Waals surface area contributed by atoms with Gasteiger partial charge < -0.3 is 13.5 Å². The average Bonchev–Trinajstić information content (AvgIpc) is 3.38. The minimum absolute atomic E-state index is 0.447. The van der Waals surface area contributed by atoms with Crippen LogP contribution in [0.15, 0.2) is 56.8 Å². The Balaban J connectivity index is 1.52. The first-order valence-electron chi connectivity index (χ1n) is 8.24. The molecule has 0 atom stereocenters. The molecular formula is C18H17N5O2S. The third kappa shape index (κ3) is 3.28. The molecule has 0 amide bonds. The van der Waals surface area contributed by atoms with Crippen molar-refractivity contribution in [3.05, 3.63) is 54.1 Å². The van der Waals surface area contributed by atoms with Crippen LogP contribution in [0.4, 0.5) is 0 Å². The third-order valence-electron chi connectivity index (χ3n) is 3.84. The second-order valence-corrected chi connectivity index (χ2v) is 6.64. The molecule has 0 aliphatic carbocycles. The van der Waals surface area contributed by atoms with Crippen molar-refractivity contribution in [2.75, 3.05) is 0 Å². The molecule has 4 aromatic rings. The van der Waals surface area contributed by atoms with E-state index in [0.717, 1.165) is 23.1 Å². The molecule has 0 fully saturated rings. The molecule has 3 heterocycles. The van der Waals surface area contributed by atoms with Gasteiger partial charge in [-0.2, -0.15) is 4.98 Å². The van der Waals surface area contributed by atoms with Crippen LogP contribution in [0.25, 0.3) is 23.0 Å². The van der Waals surface area contributed by atoms with E-state index >= 15 is 0 Å². The highest BCUT2D eigenvalue weighted by Gasteiger charge is 2.16. The number of thioether (sulfide) groups is 1. The molecule has 0 saturated carbocycles. The van der Waals surface area contributed by atoms with Gasteiger partial charge in [0.15, 0.2) is 16.7 Å². The highest BCUT2D eigenvalue weighted by Crippen LogP contribution is 2.27. The zero-order chi connectivity index (χ0) is 17.9. The van der Waals surface area contributed by atoms with Crippen LogP contribution in [0.3, 0.4) is 0 Å². The Morgan fingerprint density at radius 3 is 2.85 bits per heavy atom. The summed E-state index contributed by atoms with van der Waals surface area (Å²) in [5, 5.41) is 13.5. The van der Waals surface area contributed by atoms with Crippen molar-refractivity contribution in [1.29, 1.82) is 0 Å². The summed E-state index contributed by atoms with van der Waals surface area (Å²) < 4.78 is 12.7. The molecule has 0 unspecified atom stereocenters. The maximum Gasteiger partial charge on any atom is 0.238 e. The molecule has 0 radical (unpaired) electrons. The number of hydrogen-bond donors (Lipinski definition) is 0. The summed E-state index contributed by atoms with van der Waals surface area (Å²) in [5.74, 6) is 2.93. The lowest BCUT2D eigenvalue weighted by molar-refractivity contribution is 0.390. The van der Waals surface area contributed by atoms with Crippen molar-refractivity contribution in [3.63, 3.8) is 0 Å². The lowest BCUT2D eigenvalue weighted by Crippen LogP contribution is -2.00. The SMILES string of the molecule is CCn1c(SCc2nc(-c3ccco3)no2)nnc1-c1cccc(C)c1. The largest absolute Gasteiger partial charge is 0.461 e. The number of hydrogen-bond acceptors (Lipinski definition) is 7. The maximum atomic E-state index is 5.29. The number of benzene rings is 1. The normalized spacial score (nSPS) is 11.2. The van der Waals surface area contributed by atoms with Crippen LogP contribution in [-0.4, -0.2) is 24.9 Å². The van der Waals surface area contributed by atoms with Crippen LogP contribution in [0.5, 0.6) is 0 Å². The van der Waals surface area contributed by atoms with Gasteiger partial charge in [0.2, 0.25) is 11.7 Å². The predicted octanol–water partition coefficient (Wildman–Crippen LogP) is 4.21. The van der Waals surface area contributed by atoms with E-state index < -0.39 is 0 Å². The lowest BCUT2D eigenvalue weighted by Gasteiger charge is -2.07. The number of rotatable bonds is 6. The third-order valence-corrected chi connectivity index (χ3v) is 4.80. The van der Waals surface area contributed by atoms with E-state index in [4.69, 9.17) is 8.94 Å². The molecule has 7 nitrogen and oxygen atoms in total. The Hall–Kier alpha value is -2.87. The van der Waals surface area contributed by atoms with Crippen molar-refractivity contribution < 1.29 is 8.94 Å². The van der Waals surface area contributed by atoms with E-state index in [0.29, 0.717) is 23.2 Å². The molecule has 0 N–H and O–H groups in total. The minimum atomic E-state index is 0.447. The summed E-state index contributed by atoms with van der Waals surface area (Å²) in [4.78, 5) is 4.35. The standard InChI is InChI=1S/C18H17N5O2S/c1-3-23-17(13-7-4-6-12(2)10-13)20-21-18(23)26-11-15-19-16(22-25-15)14-8-5-9-24-14/h4-10H,3,11H2,1-2H3. The molecule has 8 heteroatoms. The summed E-state index contributed by atoms with van der Waals surface area (Å²) in [6.45, 7) is 4.92. The van der Waals surface area contributed by atoms with Gasteiger partial charge in [-0.05, 0) is 32.0 Å². The van der Waals surface area contributed by atoms with Crippen molar-refractivity contribution >= 4 is 11.8 Å². The highest BCUT2D eigenvalue weighted by atomic mass is 32.2. The van der Waals surface area contributed by atoms with Gasteiger partial charge in [-0.3, -0.25) is 0 Å². The second-order valence-electron chi connectivity index (χ2n) is 5.70. The molecule has 26 heavy (non-hydrogen) atoms. The van der Waals surface area contributed by atoms with Gasteiger partial charge in [0.25, 0.3) is 0 Å². The summed E-state index contributed by atoms with van der Waals surface area (Å²) in [5.41, 5.74) is 2.25. The van der Waals surface area contributed by atoms with E-state index in [1.165, 1.54) is 17.3 Å². The van der Waals surface area contributed by atoms with Crippen molar-refractivity contribution in [2.24, 2.45) is 0 Å². The Morgan fingerprint density at radius 2 is 2.08 bits per heavy atom. The molecule has 0 aliphatic rings. The van der Waals surface area contributed by atoms with Crippen molar-refractivity contribution in [3.8, 4) is 23.0 Å². The smallest absolute Gasteiger partial charge is 0.238 e. The summed E-state index contributed by atoms with van der Waals surface area (Å²) >= 11 is 1.52. The van der Waals surface area contributed by atoms with Gasteiger partial charge in [0.1, 0.15) is 0 Å². The molecular weight excluding hydrogens is 350 g/mol. The molecule has 0 spiro atoms. The van der Waals surface area contributed by atoms with Crippen LogP contribution >= 0.6 is 11.8 Å². The Kier molecular flexibility index (Phi) is 4.57. The van der Waals surface area contributed by atoms with Crippen molar-refractivity contribution in [2.45, 2.75) is 31.3 Å². The molecule has 4 rings (SSSR count). The van der Waals surface area contributed by atoms with Gasteiger partial charge in [-0.25, -0.2) is 0 Å². The number of aryl methyl sites for hydroxylation is 1. The summed E-state index contributed by atoms with van der Waals surface area (Å²) in [6, 6.07) is 11.8. The molecule has 0 bridgehead atoms. The first kappa shape index (κ1) is 16.6. The van der Waals surface area contributed by atoms with Gasteiger partial charge in [0, 0.05) is 12.1 Å². The van der Waals surface area contributed by atoms with E-state index in [1.54, 1.807) is 18.4 Å². The topological polar surface area (TPSA) is 82.8 Å². The zero-order valence-corrected chi connectivity index (χ0v) is 15.2. The number of furan rings is 1. The second kappa shape index (κ2) is 7.17. The zero-order valence-electron chi connectivity index (χ0n) is 14.4. The Morgan fingerprint density at radius 1 is 1.15 bits per heavy atom. The fourth-order valence-corrected chi connectivity index (χ4v) is 3.46. The molecule has 132 valence electrons. The monoisotopic (exact) mass is 367 g/mol. The van der Waals surface area contributed by atoms with E-state index in [-0.39, 0.29) is 0 Å². The maximum absolute atomic E-state index is 5.29. The molecule has 0 saturated heterocycles.